The second kappa shape index (κ2) is 11.4. The van der Waals surface area contributed by atoms with Gasteiger partial charge in [-0.05, 0) is 68.8 Å². The molecule has 0 unspecified atom stereocenters. The maximum atomic E-state index is 9.49. The molecule has 0 amide bonds. The Balaban J connectivity index is 1.15. The van der Waals surface area contributed by atoms with Gasteiger partial charge in [0.05, 0.1) is 23.0 Å². The molecule has 0 saturated heterocycles. The Morgan fingerprint density at radius 3 is 1.47 bits per heavy atom. The lowest BCUT2D eigenvalue weighted by atomic mass is 9.81. The predicted molar refractivity (Wildman–Crippen MR) is 191 cm³/mol. The lowest BCUT2D eigenvalue weighted by Crippen LogP contribution is -2.15. The van der Waals surface area contributed by atoms with E-state index in [0.29, 0.717) is 11.4 Å². The molecule has 0 spiro atoms. The molecule has 222 valence electrons. The van der Waals surface area contributed by atoms with Gasteiger partial charge in [-0.1, -0.05) is 141 Å². The number of benzene rings is 6. The van der Waals surface area contributed by atoms with Gasteiger partial charge in [0.25, 0.3) is 0 Å². The molecular formula is C44H31N3. The van der Waals surface area contributed by atoms with Crippen molar-refractivity contribution in [2.75, 3.05) is 0 Å². The van der Waals surface area contributed by atoms with E-state index >= 15 is 0 Å². The molecule has 0 atom stereocenters. The first-order chi connectivity index (χ1) is 23.0. The SMILES string of the molecule is CC1(C)c2cc(C#N)ccc2-c2ccc(-c3ccc(-c4cc(-c5ccc(-c6ccccc6)cc5)nc(-c5ccccc5)n4)cc3)cc21. The first-order valence-corrected chi connectivity index (χ1v) is 15.9. The van der Waals surface area contributed by atoms with Crippen LogP contribution in [0.25, 0.3) is 67.3 Å². The molecule has 7 aromatic rings. The summed E-state index contributed by atoms with van der Waals surface area (Å²) in [6, 6.07) is 55.0. The third-order valence-corrected chi connectivity index (χ3v) is 9.37. The van der Waals surface area contributed by atoms with Crippen LogP contribution in [0.3, 0.4) is 0 Å². The molecule has 47 heavy (non-hydrogen) atoms. The number of nitriles is 1. The van der Waals surface area contributed by atoms with Gasteiger partial charge in [0.15, 0.2) is 5.82 Å². The van der Waals surface area contributed by atoms with E-state index in [1.54, 1.807) is 0 Å². The molecule has 1 aromatic heterocycles. The second-order valence-corrected chi connectivity index (χ2v) is 12.6. The number of fused-ring (bicyclic) bond motifs is 3. The average molecular weight is 602 g/mol. The summed E-state index contributed by atoms with van der Waals surface area (Å²) in [5.41, 5.74) is 15.0. The van der Waals surface area contributed by atoms with Crippen LogP contribution in [-0.4, -0.2) is 9.97 Å². The van der Waals surface area contributed by atoms with Gasteiger partial charge >= 0.3 is 0 Å². The molecule has 0 N–H and O–H groups in total. The van der Waals surface area contributed by atoms with E-state index in [-0.39, 0.29) is 5.41 Å². The normalized spacial score (nSPS) is 12.6. The van der Waals surface area contributed by atoms with E-state index in [1.165, 1.54) is 38.9 Å². The minimum Gasteiger partial charge on any atom is -0.228 e. The van der Waals surface area contributed by atoms with E-state index in [0.717, 1.165) is 33.6 Å². The zero-order chi connectivity index (χ0) is 32.0. The average Bonchev–Trinajstić information content (AvgIpc) is 3.37. The smallest absolute Gasteiger partial charge is 0.160 e. The zero-order valence-corrected chi connectivity index (χ0v) is 26.3. The van der Waals surface area contributed by atoms with E-state index < -0.39 is 0 Å². The highest BCUT2D eigenvalue weighted by Crippen LogP contribution is 2.50. The Hall–Kier alpha value is -6.11. The van der Waals surface area contributed by atoms with Crippen LogP contribution >= 0.6 is 0 Å². The highest BCUT2D eigenvalue weighted by atomic mass is 14.9. The maximum Gasteiger partial charge on any atom is 0.160 e. The van der Waals surface area contributed by atoms with Crippen LogP contribution in [-0.2, 0) is 5.41 Å². The Kier molecular flexibility index (Phi) is 6.85. The topological polar surface area (TPSA) is 49.6 Å². The van der Waals surface area contributed by atoms with E-state index in [9.17, 15) is 5.26 Å². The van der Waals surface area contributed by atoms with Crippen molar-refractivity contribution in [2.24, 2.45) is 0 Å². The summed E-state index contributed by atoms with van der Waals surface area (Å²) >= 11 is 0. The van der Waals surface area contributed by atoms with Crippen molar-refractivity contribution in [2.45, 2.75) is 19.3 Å². The van der Waals surface area contributed by atoms with E-state index in [4.69, 9.17) is 9.97 Å². The van der Waals surface area contributed by atoms with Gasteiger partial charge in [0, 0.05) is 22.1 Å². The minimum absolute atomic E-state index is 0.183. The van der Waals surface area contributed by atoms with Crippen molar-refractivity contribution < 1.29 is 0 Å². The van der Waals surface area contributed by atoms with Crippen molar-refractivity contribution >= 4 is 0 Å². The van der Waals surface area contributed by atoms with Crippen LogP contribution in [0.2, 0.25) is 0 Å². The lowest BCUT2D eigenvalue weighted by molar-refractivity contribution is 0.660. The Bertz CT molecular complexity index is 2300. The van der Waals surface area contributed by atoms with Crippen molar-refractivity contribution in [1.82, 2.24) is 9.97 Å². The summed E-state index contributed by atoms with van der Waals surface area (Å²) in [6.07, 6.45) is 0. The zero-order valence-electron chi connectivity index (χ0n) is 26.3. The molecule has 1 aliphatic carbocycles. The highest BCUT2D eigenvalue weighted by Gasteiger charge is 2.35. The maximum absolute atomic E-state index is 9.49. The minimum atomic E-state index is -0.183. The fourth-order valence-electron chi connectivity index (χ4n) is 6.74. The molecule has 3 heteroatoms. The van der Waals surface area contributed by atoms with E-state index in [2.05, 4.69) is 135 Å². The van der Waals surface area contributed by atoms with Crippen molar-refractivity contribution in [1.29, 1.82) is 5.26 Å². The molecule has 1 aliphatic rings. The predicted octanol–water partition coefficient (Wildman–Crippen LogP) is 11.0. The largest absolute Gasteiger partial charge is 0.228 e. The summed E-state index contributed by atoms with van der Waals surface area (Å²) in [5, 5.41) is 9.49. The quantitative estimate of drug-likeness (QED) is 0.197. The van der Waals surface area contributed by atoms with Crippen LogP contribution in [0.4, 0.5) is 0 Å². The number of hydrogen-bond acceptors (Lipinski definition) is 3. The summed E-state index contributed by atoms with van der Waals surface area (Å²) < 4.78 is 0. The molecule has 0 saturated carbocycles. The molecule has 1 heterocycles. The van der Waals surface area contributed by atoms with Crippen molar-refractivity contribution in [3.8, 4) is 73.4 Å². The van der Waals surface area contributed by atoms with Gasteiger partial charge in [-0.2, -0.15) is 5.26 Å². The fraction of sp³-hybridized carbons (Fsp3) is 0.0682. The number of hydrogen-bond donors (Lipinski definition) is 0. The van der Waals surface area contributed by atoms with E-state index in [1.807, 2.05) is 36.4 Å². The molecule has 0 radical (unpaired) electrons. The van der Waals surface area contributed by atoms with Crippen LogP contribution in [0.15, 0.2) is 152 Å². The van der Waals surface area contributed by atoms with Crippen LogP contribution in [0.5, 0.6) is 0 Å². The summed E-state index contributed by atoms with van der Waals surface area (Å²) in [5.74, 6) is 0.703. The number of rotatable bonds is 5. The molecular weight excluding hydrogens is 571 g/mol. The number of nitrogens with zero attached hydrogens (tertiary/aromatic N) is 3. The van der Waals surface area contributed by atoms with Crippen LogP contribution in [0.1, 0.15) is 30.5 Å². The van der Waals surface area contributed by atoms with Crippen molar-refractivity contribution in [3.63, 3.8) is 0 Å². The first-order valence-electron chi connectivity index (χ1n) is 15.9. The second-order valence-electron chi connectivity index (χ2n) is 12.6. The molecule has 0 fully saturated rings. The fourth-order valence-corrected chi connectivity index (χ4v) is 6.74. The van der Waals surface area contributed by atoms with Gasteiger partial charge in [0.2, 0.25) is 0 Å². The van der Waals surface area contributed by atoms with Crippen LogP contribution in [0, 0.1) is 11.3 Å². The summed E-state index contributed by atoms with van der Waals surface area (Å²) in [7, 11) is 0. The summed E-state index contributed by atoms with van der Waals surface area (Å²) in [4.78, 5) is 10.0. The first kappa shape index (κ1) is 28.4. The van der Waals surface area contributed by atoms with Gasteiger partial charge in [-0.25, -0.2) is 9.97 Å². The molecule has 3 nitrogen and oxygen atoms in total. The Morgan fingerprint density at radius 1 is 0.447 bits per heavy atom. The van der Waals surface area contributed by atoms with Gasteiger partial charge in [0.1, 0.15) is 0 Å². The van der Waals surface area contributed by atoms with Crippen LogP contribution < -0.4 is 0 Å². The number of aromatic nitrogens is 2. The Morgan fingerprint density at radius 2 is 0.894 bits per heavy atom. The van der Waals surface area contributed by atoms with Gasteiger partial charge < -0.3 is 0 Å². The summed E-state index contributed by atoms with van der Waals surface area (Å²) in [6.45, 7) is 4.50. The standard InChI is InChI=1S/C44H31N3/c1-44(2)39-25-29(28-45)13-23-37(39)38-24-22-36(26-40(38)44)32-16-20-34(21-17-32)42-27-41(46-43(47-42)35-11-7-4-8-12-35)33-18-14-31(15-19-33)30-9-5-3-6-10-30/h3-27H,1-2H3. The molecule has 0 aliphatic heterocycles. The highest BCUT2D eigenvalue weighted by molar-refractivity contribution is 5.84. The molecule has 6 aromatic carbocycles. The Labute approximate surface area is 275 Å². The van der Waals surface area contributed by atoms with Gasteiger partial charge in [-0.15, -0.1) is 0 Å². The lowest BCUT2D eigenvalue weighted by Gasteiger charge is -2.22. The monoisotopic (exact) mass is 601 g/mol. The molecule has 8 rings (SSSR count). The third-order valence-electron chi connectivity index (χ3n) is 9.37. The van der Waals surface area contributed by atoms with Crippen molar-refractivity contribution in [3.05, 3.63) is 168 Å². The molecule has 0 bridgehead atoms. The van der Waals surface area contributed by atoms with Gasteiger partial charge in [-0.3, -0.25) is 0 Å². The third kappa shape index (κ3) is 5.11.